The summed E-state index contributed by atoms with van der Waals surface area (Å²) in [5.41, 5.74) is -1.40. The van der Waals surface area contributed by atoms with Crippen molar-refractivity contribution in [2.24, 2.45) is 0 Å². The number of thioether (sulfide) groups is 1. The van der Waals surface area contributed by atoms with Crippen LogP contribution in [0, 0.1) is 0 Å². The molecule has 0 heterocycles. The maximum Gasteiger partial charge on any atom is 0.233 e. The minimum absolute atomic E-state index is 0.373. The molecule has 0 bridgehead atoms. The van der Waals surface area contributed by atoms with E-state index in [1.165, 1.54) is 11.8 Å². The van der Waals surface area contributed by atoms with Crippen molar-refractivity contribution >= 4 is 29.3 Å². The van der Waals surface area contributed by atoms with Gasteiger partial charge in [0.15, 0.2) is 0 Å². The van der Waals surface area contributed by atoms with Crippen LogP contribution >= 0.6 is 23.4 Å². The van der Waals surface area contributed by atoms with Crippen LogP contribution in [0.5, 0.6) is 0 Å². The number of aliphatic hydroxyl groups is 3. The van der Waals surface area contributed by atoms with Crippen LogP contribution in [0.25, 0.3) is 0 Å². The normalized spacial score (nSPS) is 13.1. The molecule has 5 nitrogen and oxygen atoms in total. The van der Waals surface area contributed by atoms with Gasteiger partial charge in [-0.15, -0.1) is 11.8 Å². The number of rotatable bonds is 7. The number of aliphatic hydroxyl groups excluding tert-OH is 3. The van der Waals surface area contributed by atoms with Gasteiger partial charge in [0.25, 0.3) is 0 Å². The minimum Gasteiger partial charge on any atom is -0.394 e. The lowest BCUT2D eigenvalue weighted by atomic mass is 10.0. The number of amides is 1. The number of benzene rings is 1. The Morgan fingerprint density at radius 2 is 1.75 bits per heavy atom. The first-order chi connectivity index (χ1) is 9.46. The number of carbonyl (C=O) groups is 1. The molecule has 0 spiro atoms. The van der Waals surface area contributed by atoms with Crippen LogP contribution in [0.3, 0.4) is 0 Å². The second-order valence-electron chi connectivity index (χ2n) is 4.46. The highest BCUT2D eigenvalue weighted by Gasteiger charge is 2.31. The van der Waals surface area contributed by atoms with Gasteiger partial charge in [-0.1, -0.05) is 11.6 Å². The third-order valence-electron chi connectivity index (χ3n) is 2.79. The Balaban J connectivity index is 2.65. The summed E-state index contributed by atoms with van der Waals surface area (Å²) < 4.78 is 0. The van der Waals surface area contributed by atoms with Crippen molar-refractivity contribution < 1.29 is 20.1 Å². The maximum absolute atomic E-state index is 12.0. The van der Waals surface area contributed by atoms with Crippen molar-refractivity contribution in [2.75, 3.05) is 19.8 Å². The molecule has 1 amide bonds. The Bertz CT molecular complexity index is 428. The van der Waals surface area contributed by atoms with Gasteiger partial charge in [0.2, 0.25) is 5.91 Å². The molecule has 1 aromatic carbocycles. The van der Waals surface area contributed by atoms with Crippen LogP contribution in [-0.2, 0) is 4.79 Å². The topological polar surface area (TPSA) is 89.8 Å². The summed E-state index contributed by atoms with van der Waals surface area (Å²) in [6.07, 6.45) is 0. The van der Waals surface area contributed by atoms with Crippen molar-refractivity contribution in [1.82, 2.24) is 5.32 Å². The largest absolute Gasteiger partial charge is 0.394 e. The SMILES string of the molecule is CC(Sc1ccc(Cl)cc1)C(=O)NC(CO)(CO)CO. The van der Waals surface area contributed by atoms with E-state index in [2.05, 4.69) is 5.32 Å². The van der Waals surface area contributed by atoms with E-state index in [1.54, 1.807) is 31.2 Å². The molecule has 0 fully saturated rings. The molecular weight excluding hydrogens is 302 g/mol. The van der Waals surface area contributed by atoms with Gasteiger partial charge < -0.3 is 20.6 Å². The Kier molecular flexibility index (Phi) is 6.78. The zero-order chi connectivity index (χ0) is 15.2. The van der Waals surface area contributed by atoms with Crippen LogP contribution in [0.4, 0.5) is 0 Å². The molecule has 112 valence electrons. The van der Waals surface area contributed by atoms with Gasteiger partial charge in [-0.05, 0) is 31.2 Å². The summed E-state index contributed by atoms with van der Waals surface area (Å²) in [5, 5.41) is 30.2. The first kappa shape index (κ1) is 17.3. The Morgan fingerprint density at radius 3 is 2.20 bits per heavy atom. The van der Waals surface area contributed by atoms with Gasteiger partial charge in [-0.3, -0.25) is 4.79 Å². The van der Waals surface area contributed by atoms with Gasteiger partial charge in [-0.25, -0.2) is 0 Å². The van der Waals surface area contributed by atoms with Crippen molar-refractivity contribution in [3.8, 4) is 0 Å². The van der Waals surface area contributed by atoms with Crippen molar-refractivity contribution in [3.63, 3.8) is 0 Å². The molecule has 1 rings (SSSR count). The monoisotopic (exact) mass is 319 g/mol. The van der Waals surface area contributed by atoms with E-state index in [-0.39, 0.29) is 5.91 Å². The summed E-state index contributed by atoms with van der Waals surface area (Å²) in [5.74, 6) is -0.373. The lowest BCUT2D eigenvalue weighted by Gasteiger charge is -2.29. The molecule has 1 unspecified atom stereocenters. The first-order valence-electron chi connectivity index (χ1n) is 6.03. The van der Waals surface area contributed by atoms with E-state index in [0.717, 1.165) is 4.90 Å². The van der Waals surface area contributed by atoms with E-state index in [4.69, 9.17) is 11.6 Å². The van der Waals surface area contributed by atoms with Crippen LogP contribution in [0.2, 0.25) is 5.02 Å². The number of nitrogens with one attached hydrogen (secondary N) is 1. The molecule has 0 aliphatic heterocycles. The highest BCUT2D eigenvalue weighted by molar-refractivity contribution is 8.00. The molecule has 20 heavy (non-hydrogen) atoms. The van der Waals surface area contributed by atoms with Crippen LogP contribution in [0.1, 0.15) is 6.92 Å². The highest BCUT2D eigenvalue weighted by Crippen LogP contribution is 2.25. The number of carbonyl (C=O) groups excluding carboxylic acids is 1. The molecule has 4 N–H and O–H groups in total. The van der Waals surface area contributed by atoms with Crippen LogP contribution < -0.4 is 5.32 Å². The third-order valence-corrected chi connectivity index (χ3v) is 4.16. The fourth-order valence-corrected chi connectivity index (χ4v) is 2.40. The van der Waals surface area contributed by atoms with Gasteiger partial charge in [0.1, 0.15) is 5.54 Å². The first-order valence-corrected chi connectivity index (χ1v) is 7.29. The molecule has 0 saturated carbocycles. The summed E-state index contributed by atoms with van der Waals surface area (Å²) in [6, 6.07) is 7.06. The van der Waals surface area contributed by atoms with Crippen LogP contribution in [-0.4, -0.2) is 51.8 Å². The van der Waals surface area contributed by atoms with Gasteiger partial charge in [0, 0.05) is 9.92 Å². The fourth-order valence-electron chi connectivity index (χ4n) is 1.40. The molecule has 0 aliphatic rings. The quantitative estimate of drug-likeness (QED) is 0.554. The summed E-state index contributed by atoms with van der Waals surface area (Å²) in [7, 11) is 0. The van der Waals surface area contributed by atoms with Gasteiger partial charge in [-0.2, -0.15) is 0 Å². The minimum atomic E-state index is -1.40. The average molecular weight is 320 g/mol. The van der Waals surface area contributed by atoms with E-state index in [0.29, 0.717) is 5.02 Å². The number of hydrogen-bond donors (Lipinski definition) is 4. The zero-order valence-electron chi connectivity index (χ0n) is 11.0. The smallest absolute Gasteiger partial charge is 0.233 e. The molecular formula is C13H18ClNO4S. The summed E-state index contributed by atoms with van der Waals surface area (Å²) >= 11 is 7.10. The number of hydrogen-bond acceptors (Lipinski definition) is 5. The van der Waals surface area contributed by atoms with Gasteiger partial charge >= 0.3 is 0 Å². The molecule has 1 atom stereocenters. The predicted octanol–water partition coefficient (Wildman–Crippen LogP) is 0.652. The van der Waals surface area contributed by atoms with Crippen LogP contribution in [0.15, 0.2) is 29.2 Å². The van der Waals surface area contributed by atoms with E-state index >= 15 is 0 Å². The number of halogens is 1. The standard InChI is InChI=1S/C13H18ClNO4S/c1-9(20-11-4-2-10(14)3-5-11)12(19)15-13(6-16,7-17)8-18/h2-5,9,16-18H,6-8H2,1H3,(H,15,19). The molecule has 7 heteroatoms. The molecule has 0 aliphatic carbocycles. The van der Waals surface area contributed by atoms with E-state index < -0.39 is 30.6 Å². The fraction of sp³-hybridized carbons (Fsp3) is 0.462. The second-order valence-corrected chi connectivity index (χ2v) is 6.31. The maximum atomic E-state index is 12.0. The Hall–Kier alpha value is -0.790. The second kappa shape index (κ2) is 7.85. The molecule has 0 radical (unpaired) electrons. The van der Waals surface area contributed by atoms with Crippen molar-refractivity contribution in [1.29, 1.82) is 0 Å². The molecule has 0 aromatic heterocycles. The zero-order valence-corrected chi connectivity index (χ0v) is 12.6. The lowest BCUT2D eigenvalue weighted by Crippen LogP contribution is -2.58. The van der Waals surface area contributed by atoms with E-state index in [1.807, 2.05) is 0 Å². The van der Waals surface area contributed by atoms with Crippen molar-refractivity contribution in [3.05, 3.63) is 29.3 Å². The molecule has 0 saturated heterocycles. The Morgan fingerprint density at radius 1 is 1.25 bits per heavy atom. The third kappa shape index (κ3) is 4.64. The van der Waals surface area contributed by atoms with E-state index in [9.17, 15) is 20.1 Å². The Labute approximate surface area is 127 Å². The molecule has 1 aromatic rings. The average Bonchev–Trinajstić information content (AvgIpc) is 2.47. The van der Waals surface area contributed by atoms with Gasteiger partial charge in [0.05, 0.1) is 25.1 Å². The predicted molar refractivity (Wildman–Crippen MR) is 78.9 cm³/mol. The highest BCUT2D eigenvalue weighted by atomic mass is 35.5. The summed E-state index contributed by atoms with van der Waals surface area (Å²) in [4.78, 5) is 12.9. The summed E-state index contributed by atoms with van der Waals surface area (Å²) in [6.45, 7) is 0.0870. The van der Waals surface area contributed by atoms with Crippen molar-refractivity contribution in [2.45, 2.75) is 22.6 Å². The lowest BCUT2D eigenvalue weighted by molar-refractivity contribution is -0.124.